The molecule has 0 aromatic heterocycles. The van der Waals surface area contributed by atoms with E-state index in [1.807, 2.05) is 0 Å². The molecular weight excluding hydrogens is 247 g/mol. The third-order valence-electron chi connectivity index (χ3n) is 0. The molecule has 29 valence electrons. The van der Waals surface area contributed by atoms with Gasteiger partial charge in [0, 0.05) is 16.5 Å². The van der Waals surface area contributed by atoms with Crippen LogP contribution in [0, 0.1) is 0 Å². The van der Waals surface area contributed by atoms with Crippen molar-refractivity contribution in [2.24, 2.45) is 0 Å². The third-order valence-corrected chi connectivity index (χ3v) is 0. The van der Waals surface area contributed by atoms with Crippen molar-refractivity contribution in [3.8, 4) is 0 Å². The molecule has 0 spiro atoms. The van der Waals surface area contributed by atoms with Crippen LogP contribution in [0.15, 0.2) is 0 Å². The van der Waals surface area contributed by atoms with Gasteiger partial charge in [0.1, 0.15) is 0 Å². The van der Waals surface area contributed by atoms with Crippen molar-refractivity contribution in [2.75, 3.05) is 0 Å². The summed E-state index contributed by atoms with van der Waals surface area (Å²) >= 11 is 1.06. The first-order chi connectivity index (χ1) is 1.00. The zero-order valence-electron chi connectivity index (χ0n) is 1.88. The molecule has 0 aliphatic heterocycles. The van der Waals surface area contributed by atoms with E-state index < -0.39 is 0 Å². The van der Waals surface area contributed by atoms with E-state index in [2.05, 4.69) is 0 Å². The van der Waals surface area contributed by atoms with Crippen molar-refractivity contribution in [3.05, 3.63) is 0 Å². The molecule has 0 amide bonds. The van der Waals surface area contributed by atoms with Gasteiger partial charge >= 0.3 is 45.5 Å². The molecule has 0 fully saturated rings. The Morgan fingerprint density at radius 2 is 1.25 bits per heavy atom. The van der Waals surface area contributed by atoms with E-state index in [0.717, 1.165) is 17.4 Å². The summed E-state index contributed by atoms with van der Waals surface area (Å²) in [5.74, 6) is 0. The predicted octanol–water partition coefficient (Wildman–Crippen LogP) is -1.31. The van der Waals surface area contributed by atoms with Crippen molar-refractivity contribution in [2.45, 2.75) is 0 Å². The first-order valence-electron chi connectivity index (χ1n) is 0.183. The summed E-state index contributed by atoms with van der Waals surface area (Å²) < 4.78 is 8.19. The second kappa shape index (κ2) is 22.3. The second-order valence-electron chi connectivity index (χ2n) is 0. The summed E-state index contributed by atoms with van der Waals surface area (Å²) in [6.07, 6.45) is 0. The summed E-state index contributed by atoms with van der Waals surface area (Å²) in [5, 5.41) is 0. The van der Waals surface area contributed by atoms with Gasteiger partial charge in [-0.3, -0.25) is 0 Å². The Labute approximate surface area is 61.5 Å². The van der Waals surface area contributed by atoms with Crippen LogP contribution < -0.4 is 0 Å². The maximum atomic E-state index is 8.19. The summed E-state index contributed by atoms with van der Waals surface area (Å²) in [6, 6.07) is 0. The molecule has 0 bridgehead atoms. The fourth-order valence-corrected chi connectivity index (χ4v) is 0. The van der Waals surface area contributed by atoms with Crippen LogP contribution in [0.5, 0.6) is 0 Å². The van der Waals surface area contributed by atoms with Gasteiger partial charge in [-0.15, -0.1) is 0 Å². The Kier molecular flexibility index (Phi) is 96.3. The monoisotopic (exact) mass is 249 g/mol. The fourth-order valence-electron chi connectivity index (χ4n) is 0. The molecule has 1 nitrogen and oxygen atoms in total. The third kappa shape index (κ3) is 9.34. The Morgan fingerprint density at radius 1 is 1.25 bits per heavy atom. The van der Waals surface area contributed by atoms with E-state index in [0.29, 0.717) is 0 Å². The molecule has 0 atom stereocenters. The van der Waals surface area contributed by atoms with Crippen LogP contribution >= 0.6 is 0 Å². The van der Waals surface area contributed by atoms with E-state index in [4.69, 9.17) is 3.67 Å². The quantitative estimate of drug-likeness (QED) is 0.488. The van der Waals surface area contributed by atoms with Crippen molar-refractivity contribution in [1.82, 2.24) is 0 Å². The molecule has 4 heteroatoms. The second-order valence-corrected chi connectivity index (χ2v) is 0. The van der Waals surface area contributed by atoms with Crippen molar-refractivity contribution in [3.63, 3.8) is 0 Å². The number of hydrogen-bond donors (Lipinski definition) is 0. The summed E-state index contributed by atoms with van der Waals surface area (Å²) in [7, 11) is 0. The molecule has 0 aliphatic rings. The first-order valence-corrected chi connectivity index (χ1v) is 0.753. The predicted molar refractivity (Wildman–Crippen MR) is 10.6 cm³/mol. The molecule has 0 saturated heterocycles. The molecule has 0 saturated carbocycles. The van der Waals surface area contributed by atoms with Crippen LogP contribution in [0.4, 0.5) is 0 Å². The van der Waals surface area contributed by atoms with Crippen LogP contribution in [0.3, 0.4) is 0 Å². The molecule has 0 rings (SSSR count). The number of rotatable bonds is 0. The average molecular weight is 250 g/mol. The fraction of sp³-hybridized carbons (Fsp3) is 0. The Morgan fingerprint density at radius 3 is 1.25 bits per heavy atom. The molecule has 0 heterocycles. The normalized spacial score (nSPS) is 0.750. The van der Waals surface area contributed by atoms with E-state index in [9.17, 15) is 0 Å². The molecule has 0 radical (unpaired) electrons. The van der Waals surface area contributed by atoms with Crippen molar-refractivity contribution < 1.29 is 37.5 Å². The summed E-state index contributed by atoms with van der Waals surface area (Å²) in [5.41, 5.74) is 0. The minimum absolute atomic E-state index is 0. The molecule has 0 aromatic rings. The summed E-state index contributed by atoms with van der Waals surface area (Å²) in [6.45, 7) is 0. The van der Waals surface area contributed by atoms with Crippen molar-refractivity contribution in [1.29, 1.82) is 0 Å². The van der Waals surface area contributed by atoms with E-state index >= 15 is 0 Å². The summed E-state index contributed by atoms with van der Waals surface area (Å²) in [4.78, 5) is 0. The first kappa shape index (κ1) is 17.3. The molecule has 0 aromatic carbocycles. The van der Waals surface area contributed by atoms with Crippen molar-refractivity contribution >= 4 is 24.4 Å². The zero-order valence-corrected chi connectivity index (χ0v) is 8.30. The van der Waals surface area contributed by atoms with Gasteiger partial charge in [0.15, 0.2) is 0 Å². The zero-order chi connectivity index (χ0) is 2.00. The van der Waals surface area contributed by atoms with Gasteiger partial charge in [-0.2, -0.15) is 0 Å². The molecule has 0 N–H and O–H groups in total. The van der Waals surface area contributed by atoms with Gasteiger partial charge in [0.05, 0.1) is 0 Å². The molecular formula is H3NiOSbV. The van der Waals surface area contributed by atoms with Gasteiger partial charge in [-0.25, -0.2) is 0 Å². The van der Waals surface area contributed by atoms with Gasteiger partial charge in [-0.1, -0.05) is 0 Å². The topological polar surface area (TPSA) is 17.1 Å². The van der Waals surface area contributed by atoms with Crippen LogP contribution in [0.25, 0.3) is 0 Å². The average Bonchev–Trinajstić information content (AvgIpc) is 1.00. The SMILES string of the molecule is [Ni].[O]=[V].[SbH3]. The van der Waals surface area contributed by atoms with Crippen LogP contribution in [0.2, 0.25) is 0 Å². The van der Waals surface area contributed by atoms with Crippen LogP contribution in [0.1, 0.15) is 0 Å². The Hall–Kier alpha value is 1.70. The molecule has 0 aliphatic carbocycles. The van der Waals surface area contributed by atoms with E-state index in [1.165, 1.54) is 0 Å². The molecule has 0 unspecified atom stereocenters. The van der Waals surface area contributed by atoms with Crippen LogP contribution in [-0.4, -0.2) is 24.4 Å². The Balaban J connectivity index is -0.00000000500. The standard InChI is InChI=1S/Ni.O.Sb.V.3H. The Bertz CT molecular complexity index is 8.00. The van der Waals surface area contributed by atoms with E-state index in [-0.39, 0.29) is 40.9 Å². The van der Waals surface area contributed by atoms with E-state index in [1.54, 1.807) is 0 Å². The molecule has 4 heavy (non-hydrogen) atoms. The number of hydrogen-bond acceptors (Lipinski definition) is 1. The maximum absolute atomic E-state index is 8.19. The van der Waals surface area contributed by atoms with Gasteiger partial charge < -0.3 is 0 Å². The van der Waals surface area contributed by atoms with Crippen LogP contribution in [-0.2, 0) is 37.5 Å². The van der Waals surface area contributed by atoms with Gasteiger partial charge in [0.2, 0.25) is 0 Å². The van der Waals surface area contributed by atoms with Gasteiger partial charge in [0.25, 0.3) is 0 Å². The minimum atomic E-state index is 0. The van der Waals surface area contributed by atoms with Gasteiger partial charge in [-0.05, 0) is 0 Å².